The van der Waals surface area contributed by atoms with Gasteiger partial charge in [0.25, 0.3) is 11.5 Å². The van der Waals surface area contributed by atoms with E-state index < -0.39 is 23.0 Å². The molecule has 3 aromatic rings. The number of rotatable bonds is 8. The van der Waals surface area contributed by atoms with E-state index in [9.17, 15) is 18.8 Å². The minimum atomic E-state index is -0.709. The van der Waals surface area contributed by atoms with Gasteiger partial charge in [-0.05, 0) is 37.0 Å². The maximum atomic E-state index is 14.2. The molecule has 2 heterocycles. The summed E-state index contributed by atoms with van der Waals surface area (Å²) in [7, 11) is 0. The number of thiophene rings is 1. The van der Waals surface area contributed by atoms with Crippen molar-refractivity contribution in [3.8, 4) is 0 Å². The molecular formula is C22H27FN4O3S. The average molecular weight is 447 g/mol. The van der Waals surface area contributed by atoms with Crippen molar-refractivity contribution in [1.29, 1.82) is 0 Å². The Morgan fingerprint density at radius 2 is 2.06 bits per heavy atom. The third-order valence-corrected chi connectivity index (χ3v) is 6.20. The molecule has 9 heteroatoms. The van der Waals surface area contributed by atoms with Gasteiger partial charge in [-0.15, -0.1) is 11.3 Å². The molecule has 0 aliphatic carbocycles. The van der Waals surface area contributed by atoms with Crippen molar-refractivity contribution >= 4 is 38.8 Å². The molecule has 7 nitrogen and oxygen atoms in total. The molecule has 2 aromatic heterocycles. The number of aromatic nitrogens is 2. The van der Waals surface area contributed by atoms with Crippen molar-refractivity contribution in [2.45, 2.75) is 46.6 Å². The highest BCUT2D eigenvalue weighted by atomic mass is 32.1. The number of carbonyl (C=O) groups is 1. The van der Waals surface area contributed by atoms with Gasteiger partial charge < -0.3 is 5.73 Å². The molecule has 0 aliphatic rings. The lowest BCUT2D eigenvalue weighted by molar-refractivity contribution is 0.0989. The largest absolute Gasteiger partial charge is 0.383 e. The molecule has 31 heavy (non-hydrogen) atoms. The van der Waals surface area contributed by atoms with E-state index in [0.717, 1.165) is 17.8 Å². The molecular weight excluding hydrogens is 419 g/mol. The third kappa shape index (κ3) is 4.71. The van der Waals surface area contributed by atoms with Crippen LogP contribution in [0.5, 0.6) is 0 Å². The summed E-state index contributed by atoms with van der Waals surface area (Å²) in [6.07, 6.45) is 2.16. The number of nitrogens with two attached hydrogens (primary N) is 1. The van der Waals surface area contributed by atoms with Crippen LogP contribution in [-0.4, -0.2) is 22.0 Å². The number of amides is 1. The monoisotopic (exact) mass is 446 g/mol. The number of anilines is 2. The second-order valence-corrected chi connectivity index (χ2v) is 8.98. The fraction of sp³-hybridized carbons (Fsp3) is 0.409. The number of H-pyrrole nitrogens is 1. The number of nitrogens with one attached hydrogen (secondary N) is 1. The lowest BCUT2D eigenvalue weighted by Crippen LogP contribution is -2.41. The summed E-state index contributed by atoms with van der Waals surface area (Å²) in [6.45, 7) is 6.57. The van der Waals surface area contributed by atoms with Crippen LogP contribution in [0.4, 0.5) is 15.9 Å². The van der Waals surface area contributed by atoms with E-state index in [1.807, 2.05) is 20.8 Å². The topological polar surface area (TPSA) is 101 Å². The third-order valence-electron chi connectivity index (χ3n) is 5.11. The van der Waals surface area contributed by atoms with Crippen LogP contribution in [0.1, 0.15) is 49.7 Å². The number of hydrogen-bond acceptors (Lipinski definition) is 5. The first-order valence-corrected chi connectivity index (χ1v) is 11.2. The minimum Gasteiger partial charge on any atom is -0.383 e. The zero-order valence-corrected chi connectivity index (χ0v) is 18.7. The van der Waals surface area contributed by atoms with Crippen LogP contribution in [0.2, 0.25) is 0 Å². The Bertz CT molecular complexity index is 1210. The number of benzene rings is 1. The molecule has 0 aliphatic heterocycles. The van der Waals surface area contributed by atoms with E-state index in [2.05, 4.69) is 4.98 Å². The SMILES string of the molecule is CCCCn1c(N)c(N(CCC(C)C)C(=O)c2cc3c(F)cccc3s2)c(=O)[nH]c1=O. The van der Waals surface area contributed by atoms with Crippen molar-refractivity contribution in [2.75, 3.05) is 17.2 Å². The Hall–Kier alpha value is -2.94. The van der Waals surface area contributed by atoms with E-state index in [0.29, 0.717) is 34.3 Å². The van der Waals surface area contributed by atoms with Crippen LogP contribution < -0.4 is 21.9 Å². The highest BCUT2D eigenvalue weighted by Gasteiger charge is 2.27. The number of fused-ring (bicyclic) bond motifs is 1. The molecule has 166 valence electrons. The Morgan fingerprint density at radius 1 is 1.32 bits per heavy atom. The van der Waals surface area contributed by atoms with Gasteiger partial charge in [0.2, 0.25) is 0 Å². The van der Waals surface area contributed by atoms with Gasteiger partial charge >= 0.3 is 5.69 Å². The normalized spacial score (nSPS) is 11.4. The summed E-state index contributed by atoms with van der Waals surface area (Å²) in [5, 5.41) is 0.356. The molecule has 0 radical (unpaired) electrons. The van der Waals surface area contributed by atoms with Crippen molar-refractivity contribution in [3.63, 3.8) is 0 Å². The molecule has 0 unspecified atom stereocenters. The molecule has 3 rings (SSSR count). The number of nitrogen functional groups attached to an aromatic ring is 1. The molecule has 0 bridgehead atoms. The lowest BCUT2D eigenvalue weighted by atomic mass is 10.1. The van der Waals surface area contributed by atoms with Crippen LogP contribution in [0.15, 0.2) is 33.9 Å². The van der Waals surface area contributed by atoms with Crippen LogP contribution in [0, 0.1) is 11.7 Å². The quantitative estimate of drug-likeness (QED) is 0.547. The number of unbranched alkanes of at least 4 members (excludes halogenated alkanes) is 1. The van der Waals surface area contributed by atoms with E-state index in [4.69, 9.17) is 5.73 Å². The first kappa shape index (κ1) is 22.7. The predicted molar refractivity (Wildman–Crippen MR) is 124 cm³/mol. The Balaban J connectivity index is 2.12. The average Bonchev–Trinajstić information content (AvgIpc) is 3.15. The number of carbonyl (C=O) groups excluding carboxylic acids is 1. The van der Waals surface area contributed by atoms with Gasteiger partial charge in [0.05, 0.1) is 4.88 Å². The van der Waals surface area contributed by atoms with Gasteiger partial charge in [0.1, 0.15) is 11.6 Å². The van der Waals surface area contributed by atoms with Crippen molar-refractivity contribution in [1.82, 2.24) is 9.55 Å². The van der Waals surface area contributed by atoms with Crippen molar-refractivity contribution in [2.24, 2.45) is 5.92 Å². The number of aromatic amines is 1. The van der Waals surface area contributed by atoms with E-state index in [-0.39, 0.29) is 24.0 Å². The Morgan fingerprint density at radius 3 is 2.71 bits per heavy atom. The van der Waals surface area contributed by atoms with Crippen LogP contribution >= 0.6 is 11.3 Å². The first-order chi connectivity index (χ1) is 14.7. The Kier molecular flexibility index (Phi) is 6.94. The summed E-state index contributed by atoms with van der Waals surface area (Å²) in [4.78, 5) is 42.4. The number of nitrogens with zero attached hydrogens (tertiary/aromatic N) is 2. The fourth-order valence-electron chi connectivity index (χ4n) is 3.34. The molecule has 3 N–H and O–H groups in total. The van der Waals surface area contributed by atoms with Gasteiger partial charge in [0, 0.05) is 23.2 Å². The Labute approximate surface area is 183 Å². The zero-order chi connectivity index (χ0) is 22.7. The number of hydrogen-bond donors (Lipinski definition) is 2. The molecule has 1 amide bonds. The van der Waals surface area contributed by atoms with Crippen LogP contribution in [-0.2, 0) is 6.54 Å². The van der Waals surface area contributed by atoms with Gasteiger partial charge in [-0.2, -0.15) is 0 Å². The van der Waals surface area contributed by atoms with E-state index >= 15 is 0 Å². The summed E-state index contributed by atoms with van der Waals surface area (Å²) in [6, 6.07) is 6.17. The summed E-state index contributed by atoms with van der Waals surface area (Å²) < 4.78 is 16.1. The second-order valence-electron chi connectivity index (χ2n) is 7.90. The van der Waals surface area contributed by atoms with Crippen molar-refractivity contribution in [3.05, 3.63) is 55.8 Å². The number of halogens is 1. The van der Waals surface area contributed by atoms with Crippen LogP contribution in [0.3, 0.4) is 0 Å². The van der Waals surface area contributed by atoms with E-state index in [1.54, 1.807) is 12.1 Å². The second kappa shape index (κ2) is 9.47. The molecule has 0 spiro atoms. The highest BCUT2D eigenvalue weighted by Crippen LogP contribution is 2.30. The van der Waals surface area contributed by atoms with Gasteiger partial charge in [0.15, 0.2) is 5.69 Å². The highest BCUT2D eigenvalue weighted by molar-refractivity contribution is 7.20. The fourth-order valence-corrected chi connectivity index (χ4v) is 4.37. The van der Waals surface area contributed by atoms with Gasteiger partial charge in [-0.25, -0.2) is 9.18 Å². The van der Waals surface area contributed by atoms with E-state index in [1.165, 1.54) is 21.6 Å². The molecule has 0 saturated heterocycles. The maximum absolute atomic E-state index is 14.2. The standard InChI is InChI=1S/C22H27FN4O3S/c1-4-5-10-27-19(24)18(20(28)25-22(27)30)26(11-9-13(2)3)21(29)17-12-14-15(23)7-6-8-16(14)31-17/h6-8,12-13H,4-5,9-11,24H2,1-3H3,(H,25,28,30). The summed E-state index contributed by atoms with van der Waals surface area (Å²) in [5.74, 6) is -0.626. The molecule has 0 saturated carbocycles. The maximum Gasteiger partial charge on any atom is 0.330 e. The molecule has 0 atom stereocenters. The minimum absolute atomic E-state index is 0.0356. The summed E-state index contributed by atoms with van der Waals surface area (Å²) in [5.41, 5.74) is 4.89. The smallest absolute Gasteiger partial charge is 0.330 e. The first-order valence-electron chi connectivity index (χ1n) is 10.4. The van der Waals surface area contributed by atoms with Gasteiger partial charge in [-0.3, -0.25) is 24.0 Å². The predicted octanol–water partition coefficient (Wildman–Crippen LogP) is 3.97. The zero-order valence-electron chi connectivity index (χ0n) is 17.9. The van der Waals surface area contributed by atoms with Gasteiger partial charge in [-0.1, -0.05) is 33.3 Å². The molecule has 0 fully saturated rings. The van der Waals surface area contributed by atoms with Crippen LogP contribution in [0.25, 0.3) is 10.1 Å². The lowest BCUT2D eigenvalue weighted by Gasteiger charge is -2.25. The molecule has 1 aromatic carbocycles. The van der Waals surface area contributed by atoms with Crippen molar-refractivity contribution < 1.29 is 9.18 Å². The summed E-state index contributed by atoms with van der Waals surface area (Å²) >= 11 is 1.16.